The molecule has 0 radical (unpaired) electrons. The molecule has 4 heteroatoms. The molecule has 0 spiro atoms. The molecule has 1 aliphatic heterocycles. The Labute approximate surface area is 107 Å². The third-order valence-corrected chi connectivity index (χ3v) is 4.61. The summed E-state index contributed by atoms with van der Waals surface area (Å²) < 4.78 is 4.79. The van der Waals surface area contributed by atoms with Crippen LogP contribution < -0.4 is 0 Å². The van der Waals surface area contributed by atoms with Gasteiger partial charge in [-0.1, -0.05) is 12.2 Å². The van der Waals surface area contributed by atoms with Crippen molar-refractivity contribution >= 4 is 11.9 Å². The van der Waals surface area contributed by atoms with Crippen LogP contribution in [0.5, 0.6) is 0 Å². The summed E-state index contributed by atoms with van der Waals surface area (Å²) in [5, 5.41) is 0. The van der Waals surface area contributed by atoms with Crippen LogP contribution in [0.25, 0.3) is 0 Å². The van der Waals surface area contributed by atoms with Crippen LogP contribution >= 0.6 is 0 Å². The summed E-state index contributed by atoms with van der Waals surface area (Å²) in [6.45, 7) is 0.705. The zero-order chi connectivity index (χ0) is 12.7. The summed E-state index contributed by atoms with van der Waals surface area (Å²) in [4.78, 5) is 26.0. The van der Waals surface area contributed by atoms with Gasteiger partial charge in [0.25, 0.3) is 0 Å². The summed E-state index contributed by atoms with van der Waals surface area (Å²) in [5.41, 5.74) is 0. The lowest BCUT2D eigenvalue weighted by Gasteiger charge is -2.28. The molecule has 1 saturated carbocycles. The van der Waals surface area contributed by atoms with Crippen LogP contribution in [0.15, 0.2) is 12.2 Å². The summed E-state index contributed by atoms with van der Waals surface area (Å²) in [6.07, 6.45) is 8.14. The van der Waals surface area contributed by atoms with Crippen LogP contribution in [0.1, 0.15) is 25.7 Å². The van der Waals surface area contributed by atoms with Gasteiger partial charge >= 0.3 is 5.97 Å². The number of ether oxygens (including phenoxy) is 1. The normalized spacial score (nSPS) is 37.3. The highest BCUT2D eigenvalue weighted by atomic mass is 16.5. The van der Waals surface area contributed by atoms with Crippen molar-refractivity contribution in [2.75, 3.05) is 13.7 Å². The van der Waals surface area contributed by atoms with Crippen LogP contribution in [0.4, 0.5) is 0 Å². The number of rotatable bonds is 2. The molecule has 0 unspecified atom stereocenters. The van der Waals surface area contributed by atoms with Gasteiger partial charge in [-0.2, -0.15) is 0 Å². The lowest BCUT2D eigenvalue weighted by Crippen LogP contribution is -2.44. The third kappa shape index (κ3) is 1.74. The number of likely N-dealkylation sites (tertiary alicyclic amines) is 1. The van der Waals surface area contributed by atoms with Gasteiger partial charge in [0.15, 0.2) is 0 Å². The maximum atomic E-state index is 12.6. The molecule has 0 N–H and O–H groups in total. The number of allylic oxidation sites excluding steroid dienone is 2. The first-order valence-electron chi connectivity index (χ1n) is 6.77. The standard InChI is InChI=1S/C14H19NO3/c1-18-14(17)12-3-2-6-15(12)13(16)11-8-9-4-5-10(11)7-9/h4-5,9-12H,2-3,6-8H2,1H3/t9-,10+,11+,12+/m1/s1. The summed E-state index contributed by atoms with van der Waals surface area (Å²) in [5.74, 6) is 0.995. The fourth-order valence-corrected chi connectivity index (χ4v) is 3.69. The maximum Gasteiger partial charge on any atom is 0.328 e. The first kappa shape index (κ1) is 11.8. The molecule has 3 rings (SSSR count). The van der Waals surface area contributed by atoms with Crippen molar-refractivity contribution < 1.29 is 14.3 Å². The largest absolute Gasteiger partial charge is 0.467 e. The van der Waals surface area contributed by atoms with E-state index in [-0.39, 0.29) is 23.8 Å². The number of esters is 1. The second kappa shape index (κ2) is 4.41. The minimum Gasteiger partial charge on any atom is -0.467 e. The number of carbonyl (C=O) groups is 2. The van der Waals surface area contributed by atoms with E-state index in [1.807, 2.05) is 0 Å². The molecule has 18 heavy (non-hydrogen) atoms. The predicted molar refractivity (Wildman–Crippen MR) is 65.6 cm³/mol. The van der Waals surface area contributed by atoms with Crippen molar-refractivity contribution in [3.8, 4) is 0 Å². The topological polar surface area (TPSA) is 46.6 Å². The zero-order valence-electron chi connectivity index (χ0n) is 10.7. The van der Waals surface area contributed by atoms with Gasteiger partial charge in [-0.3, -0.25) is 4.79 Å². The predicted octanol–water partition coefficient (Wildman–Crippen LogP) is 1.36. The molecule has 0 aromatic heterocycles. The number of methoxy groups -OCH3 is 1. The highest BCUT2D eigenvalue weighted by Crippen LogP contribution is 2.44. The summed E-state index contributed by atoms with van der Waals surface area (Å²) in [6, 6.07) is -0.342. The zero-order valence-corrected chi connectivity index (χ0v) is 10.7. The van der Waals surface area contributed by atoms with Gasteiger partial charge in [0.2, 0.25) is 5.91 Å². The minimum absolute atomic E-state index is 0.102. The van der Waals surface area contributed by atoms with Gasteiger partial charge in [0, 0.05) is 12.5 Å². The smallest absolute Gasteiger partial charge is 0.328 e. The summed E-state index contributed by atoms with van der Waals surface area (Å²) in [7, 11) is 1.39. The molecule has 2 fully saturated rings. The molecule has 2 aliphatic carbocycles. The SMILES string of the molecule is COC(=O)[C@@H]1CCCN1C(=O)[C@H]1C[C@@H]2C=C[C@H]1C2. The molecule has 0 aromatic rings. The molecule has 4 nitrogen and oxygen atoms in total. The molecule has 0 aromatic carbocycles. The fraction of sp³-hybridized carbons (Fsp3) is 0.714. The highest BCUT2D eigenvalue weighted by Gasteiger charge is 2.45. The van der Waals surface area contributed by atoms with Gasteiger partial charge in [-0.15, -0.1) is 0 Å². The van der Waals surface area contributed by atoms with Crippen molar-refractivity contribution in [2.45, 2.75) is 31.7 Å². The van der Waals surface area contributed by atoms with Crippen LogP contribution in [0.2, 0.25) is 0 Å². The van der Waals surface area contributed by atoms with E-state index in [0.717, 1.165) is 25.7 Å². The molecular weight excluding hydrogens is 230 g/mol. The van der Waals surface area contributed by atoms with Crippen molar-refractivity contribution in [2.24, 2.45) is 17.8 Å². The van der Waals surface area contributed by atoms with Gasteiger partial charge in [0.1, 0.15) is 6.04 Å². The van der Waals surface area contributed by atoms with E-state index in [0.29, 0.717) is 18.4 Å². The van der Waals surface area contributed by atoms with Crippen LogP contribution in [-0.2, 0) is 14.3 Å². The lowest BCUT2D eigenvalue weighted by molar-refractivity contribution is -0.152. The molecule has 3 aliphatic rings. The average molecular weight is 249 g/mol. The quantitative estimate of drug-likeness (QED) is 0.548. The third-order valence-electron chi connectivity index (χ3n) is 4.61. The molecular formula is C14H19NO3. The Morgan fingerprint density at radius 1 is 1.28 bits per heavy atom. The van der Waals surface area contributed by atoms with Gasteiger partial charge in [0.05, 0.1) is 7.11 Å². The Kier molecular flexibility index (Phi) is 2.88. The average Bonchev–Trinajstić information content (AvgIpc) is 3.11. The van der Waals surface area contributed by atoms with E-state index in [1.54, 1.807) is 4.90 Å². The second-order valence-corrected chi connectivity index (χ2v) is 5.60. The highest BCUT2D eigenvalue weighted by molar-refractivity contribution is 5.87. The van der Waals surface area contributed by atoms with E-state index in [4.69, 9.17) is 4.74 Å². The number of hydrogen-bond donors (Lipinski definition) is 0. The number of fused-ring (bicyclic) bond motifs is 2. The van der Waals surface area contributed by atoms with Crippen LogP contribution in [0.3, 0.4) is 0 Å². The molecule has 1 heterocycles. The van der Waals surface area contributed by atoms with Gasteiger partial charge in [-0.25, -0.2) is 4.79 Å². The Balaban J connectivity index is 1.72. The first-order chi connectivity index (χ1) is 8.70. The number of nitrogens with zero attached hydrogens (tertiary/aromatic N) is 1. The van der Waals surface area contributed by atoms with Crippen molar-refractivity contribution in [1.82, 2.24) is 4.90 Å². The van der Waals surface area contributed by atoms with Crippen LogP contribution in [-0.4, -0.2) is 36.5 Å². The minimum atomic E-state index is -0.342. The Hall–Kier alpha value is -1.32. The number of hydrogen-bond acceptors (Lipinski definition) is 3. The van der Waals surface area contributed by atoms with Crippen LogP contribution in [0, 0.1) is 17.8 Å². The Morgan fingerprint density at radius 2 is 2.11 bits per heavy atom. The van der Waals surface area contributed by atoms with Crippen molar-refractivity contribution in [1.29, 1.82) is 0 Å². The maximum absolute atomic E-state index is 12.6. The molecule has 98 valence electrons. The summed E-state index contributed by atoms with van der Waals surface area (Å²) >= 11 is 0. The number of carbonyl (C=O) groups excluding carboxylic acids is 2. The van der Waals surface area contributed by atoms with E-state index >= 15 is 0 Å². The Bertz CT molecular complexity index is 404. The Morgan fingerprint density at radius 3 is 2.72 bits per heavy atom. The van der Waals surface area contributed by atoms with E-state index in [9.17, 15) is 9.59 Å². The monoisotopic (exact) mass is 249 g/mol. The van der Waals surface area contributed by atoms with E-state index in [1.165, 1.54) is 7.11 Å². The van der Waals surface area contributed by atoms with E-state index in [2.05, 4.69) is 12.2 Å². The van der Waals surface area contributed by atoms with Crippen molar-refractivity contribution in [3.05, 3.63) is 12.2 Å². The molecule has 2 bridgehead atoms. The first-order valence-corrected chi connectivity index (χ1v) is 6.77. The van der Waals surface area contributed by atoms with Gasteiger partial charge < -0.3 is 9.64 Å². The van der Waals surface area contributed by atoms with E-state index < -0.39 is 0 Å². The molecule has 1 amide bonds. The number of amides is 1. The second-order valence-electron chi connectivity index (χ2n) is 5.60. The molecule has 4 atom stereocenters. The lowest BCUT2D eigenvalue weighted by atomic mass is 9.92. The van der Waals surface area contributed by atoms with Crippen molar-refractivity contribution in [3.63, 3.8) is 0 Å². The molecule has 1 saturated heterocycles. The van der Waals surface area contributed by atoms with Gasteiger partial charge in [-0.05, 0) is 37.5 Å². The fourth-order valence-electron chi connectivity index (χ4n) is 3.69.